The maximum absolute atomic E-state index is 11.8. The number of furan rings is 1. The molecule has 0 saturated heterocycles. The largest absolute Gasteiger partial charge is 0.478 e. The highest BCUT2D eigenvalue weighted by atomic mass is 16.4. The summed E-state index contributed by atoms with van der Waals surface area (Å²) in [4.78, 5) is 26.8. The smallest absolute Gasteiger partial charge is 0.421 e. The van der Waals surface area contributed by atoms with Crippen molar-refractivity contribution in [2.45, 2.75) is 13.5 Å². The van der Waals surface area contributed by atoms with Crippen LogP contribution in [0.1, 0.15) is 21.9 Å². The first-order valence-electron chi connectivity index (χ1n) is 5.83. The Morgan fingerprint density at radius 3 is 2.95 bits per heavy atom. The van der Waals surface area contributed by atoms with Crippen molar-refractivity contribution in [3.63, 3.8) is 0 Å². The van der Waals surface area contributed by atoms with E-state index in [1.165, 1.54) is 10.6 Å². The summed E-state index contributed by atoms with van der Waals surface area (Å²) in [6, 6.07) is 4.69. The van der Waals surface area contributed by atoms with E-state index >= 15 is 0 Å². The number of aromatic nitrogens is 2. The molecule has 20 heavy (non-hydrogen) atoms. The molecule has 0 fully saturated rings. The number of carboxylic acid groups (broad SMARTS) is 1. The Morgan fingerprint density at radius 2 is 2.25 bits per heavy atom. The number of aromatic carboxylic acids is 1. The molecule has 7 heteroatoms. The summed E-state index contributed by atoms with van der Waals surface area (Å²) in [6.45, 7) is 1.62. The van der Waals surface area contributed by atoms with Crippen LogP contribution in [0, 0.1) is 6.92 Å². The third-order valence-corrected chi connectivity index (χ3v) is 2.94. The van der Waals surface area contributed by atoms with E-state index in [9.17, 15) is 9.59 Å². The summed E-state index contributed by atoms with van der Waals surface area (Å²) >= 11 is 0. The second-order valence-corrected chi connectivity index (χ2v) is 4.27. The highest BCUT2D eigenvalue weighted by molar-refractivity contribution is 5.88. The number of nitrogens with zero attached hydrogens (tertiary/aromatic N) is 2. The van der Waals surface area contributed by atoms with Gasteiger partial charge in [-0.25, -0.2) is 14.6 Å². The molecule has 3 aromatic heterocycles. The fourth-order valence-corrected chi connectivity index (χ4v) is 2.03. The maximum Gasteiger partial charge on any atom is 0.421 e. The number of rotatable bonds is 3. The first-order valence-corrected chi connectivity index (χ1v) is 5.83. The Bertz CT molecular complexity index is 855. The zero-order valence-corrected chi connectivity index (χ0v) is 10.5. The van der Waals surface area contributed by atoms with Crippen molar-refractivity contribution in [1.82, 2.24) is 9.55 Å². The first-order chi connectivity index (χ1) is 9.56. The van der Waals surface area contributed by atoms with Crippen molar-refractivity contribution in [2.75, 3.05) is 0 Å². The molecule has 3 aromatic rings. The van der Waals surface area contributed by atoms with E-state index in [2.05, 4.69) is 4.98 Å². The lowest BCUT2D eigenvalue weighted by molar-refractivity contribution is 0.0695. The molecule has 0 spiro atoms. The van der Waals surface area contributed by atoms with Gasteiger partial charge in [0.25, 0.3) is 0 Å². The molecule has 0 bridgehead atoms. The molecule has 102 valence electrons. The molecule has 1 N–H and O–H groups in total. The van der Waals surface area contributed by atoms with Crippen molar-refractivity contribution < 1.29 is 18.7 Å². The van der Waals surface area contributed by atoms with E-state index in [1.54, 1.807) is 25.3 Å². The Labute approximate surface area is 112 Å². The minimum atomic E-state index is -1.07. The molecule has 0 unspecified atom stereocenters. The molecule has 0 aliphatic carbocycles. The van der Waals surface area contributed by atoms with E-state index < -0.39 is 11.7 Å². The first kappa shape index (κ1) is 12.2. The number of carbonyl (C=O) groups is 1. The quantitative estimate of drug-likeness (QED) is 0.779. The average molecular weight is 274 g/mol. The van der Waals surface area contributed by atoms with Crippen molar-refractivity contribution in [2.24, 2.45) is 0 Å². The second-order valence-electron chi connectivity index (χ2n) is 4.27. The summed E-state index contributed by atoms with van der Waals surface area (Å²) in [5.74, 6) is -0.985. The third-order valence-electron chi connectivity index (χ3n) is 2.94. The van der Waals surface area contributed by atoms with Crippen LogP contribution in [0.5, 0.6) is 0 Å². The van der Waals surface area contributed by atoms with Gasteiger partial charge in [0.15, 0.2) is 11.2 Å². The van der Waals surface area contributed by atoms with Crippen molar-refractivity contribution in [1.29, 1.82) is 0 Å². The summed E-state index contributed by atoms with van der Waals surface area (Å²) in [6.07, 6.45) is 1.55. The molecular weight excluding hydrogens is 264 g/mol. The van der Waals surface area contributed by atoms with Crippen molar-refractivity contribution in [3.8, 4) is 0 Å². The molecule has 0 aliphatic rings. The van der Waals surface area contributed by atoms with Gasteiger partial charge in [-0.05, 0) is 25.1 Å². The van der Waals surface area contributed by atoms with Crippen LogP contribution in [0.25, 0.3) is 11.2 Å². The summed E-state index contributed by atoms with van der Waals surface area (Å²) < 4.78 is 11.7. The third kappa shape index (κ3) is 1.89. The van der Waals surface area contributed by atoms with E-state index in [0.29, 0.717) is 22.8 Å². The molecule has 0 aromatic carbocycles. The minimum absolute atomic E-state index is 0.0664. The van der Waals surface area contributed by atoms with Crippen LogP contribution in [0.2, 0.25) is 0 Å². The van der Waals surface area contributed by atoms with Gasteiger partial charge in [0.2, 0.25) is 0 Å². The van der Waals surface area contributed by atoms with Gasteiger partial charge in [-0.15, -0.1) is 0 Å². The van der Waals surface area contributed by atoms with Crippen molar-refractivity contribution >= 4 is 17.2 Å². The van der Waals surface area contributed by atoms with Gasteiger partial charge < -0.3 is 13.9 Å². The molecule has 3 heterocycles. The maximum atomic E-state index is 11.8. The van der Waals surface area contributed by atoms with Crippen LogP contribution < -0.4 is 5.76 Å². The topological polar surface area (TPSA) is 98.5 Å². The molecule has 0 amide bonds. The molecule has 0 atom stereocenters. The standard InChI is InChI=1S/C13H10N2O5/c1-7-9(12(16)17)5-8(19-7)6-15-11-10(20-13(15)18)3-2-4-14-11/h2-5H,6H2,1H3,(H,16,17). The summed E-state index contributed by atoms with van der Waals surface area (Å²) in [7, 11) is 0. The van der Waals surface area contributed by atoms with Crippen LogP contribution in [0.15, 0.2) is 38.0 Å². The van der Waals surface area contributed by atoms with Gasteiger partial charge >= 0.3 is 11.7 Å². The molecule has 0 radical (unpaired) electrons. The minimum Gasteiger partial charge on any atom is -0.478 e. The fourth-order valence-electron chi connectivity index (χ4n) is 2.03. The molecule has 7 nitrogen and oxygen atoms in total. The SMILES string of the molecule is Cc1oc(Cn2c(=O)oc3cccnc32)cc1C(=O)O. The average Bonchev–Trinajstić information content (AvgIpc) is 2.92. The van der Waals surface area contributed by atoms with Crippen LogP contribution in [-0.4, -0.2) is 20.6 Å². The number of pyridine rings is 1. The fraction of sp³-hybridized carbons (Fsp3) is 0.154. The highest BCUT2D eigenvalue weighted by Gasteiger charge is 2.16. The predicted molar refractivity (Wildman–Crippen MR) is 67.8 cm³/mol. The zero-order valence-electron chi connectivity index (χ0n) is 10.5. The lowest BCUT2D eigenvalue weighted by atomic mass is 10.2. The van der Waals surface area contributed by atoms with Gasteiger partial charge in [0, 0.05) is 6.20 Å². The van der Waals surface area contributed by atoms with Crippen LogP contribution in [0.4, 0.5) is 0 Å². The normalized spacial score (nSPS) is 11.1. The summed E-state index contributed by atoms with van der Waals surface area (Å²) in [5, 5.41) is 8.97. The molecule has 3 rings (SSSR count). The summed E-state index contributed by atoms with van der Waals surface area (Å²) in [5.41, 5.74) is 0.844. The van der Waals surface area contributed by atoms with Crippen molar-refractivity contribution in [3.05, 3.63) is 52.0 Å². The predicted octanol–water partition coefficient (Wildman–Crippen LogP) is 1.64. The van der Waals surface area contributed by atoms with Gasteiger partial charge in [-0.2, -0.15) is 0 Å². The van der Waals surface area contributed by atoms with Gasteiger partial charge in [0.05, 0.1) is 6.54 Å². The van der Waals surface area contributed by atoms with E-state index in [1.807, 2.05) is 0 Å². The van der Waals surface area contributed by atoms with Crippen LogP contribution in [0.3, 0.4) is 0 Å². The van der Waals surface area contributed by atoms with Gasteiger partial charge in [-0.3, -0.25) is 4.57 Å². The lowest BCUT2D eigenvalue weighted by Gasteiger charge is -1.97. The van der Waals surface area contributed by atoms with E-state index in [-0.39, 0.29) is 12.1 Å². The molecular formula is C13H10N2O5. The van der Waals surface area contributed by atoms with Crippen LogP contribution in [-0.2, 0) is 6.54 Å². The molecule has 0 saturated carbocycles. The zero-order chi connectivity index (χ0) is 14.3. The second kappa shape index (κ2) is 4.37. The Kier molecular flexibility index (Phi) is 2.67. The number of fused-ring (bicyclic) bond motifs is 1. The van der Waals surface area contributed by atoms with E-state index in [0.717, 1.165) is 0 Å². The monoisotopic (exact) mass is 274 g/mol. The Morgan fingerprint density at radius 1 is 1.45 bits per heavy atom. The number of hydrogen-bond acceptors (Lipinski definition) is 5. The highest BCUT2D eigenvalue weighted by Crippen LogP contribution is 2.17. The molecule has 0 aliphatic heterocycles. The van der Waals surface area contributed by atoms with E-state index in [4.69, 9.17) is 13.9 Å². The number of oxazole rings is 1. The van der Waals surface area contributed by atoms with Gasteiger partial charge in [-0.1, -0.05) is 0 Å². The Hall–Kier alpha value is -2.83. The number of hydrogen-bond donors (Lipinski definition) is 1. The van der Waals surface area contributed by atoms with Crippen LogP contribution >= 0.6 is 0 Å². The number of aryl methyl sites for hydroxylation is 1. The lowest BCUT2D eigenvalue weighted by Crippen LogP contribution is -2.15. The Balaban J connectivity index is 2.05. The van der Waals surface area contributed by atoms with Gasteiger partial charge in [0.1, 0.15) is 17.1 Å². The number of carboxylic acids is 1.